The summed E-state index contributed by atoms with van der Waals surface area (Å²) >= 11 is 0. The average molecular weight is 791 g/mol. The predicted molar refractivity (Wildman–Crippen MR) is 189 cm³/mol. The van der Waals surface area contributed by atoms with Crippen LogP contribution in [0.5, 0.6) is 28.7 Å². The fourth-order valence-electron chi connectivity index (χ4n) is 7.17. The molecule has 7 aromatic rings. The summed E-state index contributed by atoms with van der Waals surface area (Å²) in [5.74, 6) is -0.170. The third-order valence-electron chi connectivity index (χ3n) is 9.28. The summed E-state index contributed by atoms with van der Waals surface area (Å²) in [5.41, 5.74) is 1.28. The number of phenols is 3. The highest BCUT2D eigenvalue weighted by Crippen LogP contribution is 2.57. The van der Waals surface area contributed by atoms with Crippen molar-refractivity contribution in [2.75, 3.05) is 0 Å². The first-order valence-electron chi connectivity index (χ1n) is 15.4. The summed E-state index contributed by atoms with van der Waals surface area (Å²) in [6, 6.07) is 22.7. The van der Waals surface area contributed by atoms with Crippen LogP contribution in [0.25, 0.3) is 32.3 Å². The Kier molecular flexibility index (Phi) is 7.45. The number of fused-ring (bicyclic) bond motifs is 6. The lowest BCUT2D eigenvalue weighted by atomic mass is 9.77. The molecule has 15 nitrogen and oxygen atoms in total. The number of carbonyl (C=O) groups excluding carboxylic acids is 1. The van der Waals surface area contributed by atoms with Gasteiger partial charge in [-0.15, -0.1) is 0 Å². The molecule has 0 radical (unpaired) electrons. The van der Waals surface area contributed by atoms with Gasteiger partial charge >= 0.3 is 5.97 Å². The topological polar surface area (TPSA) is 259 Å². The van der Waals surface area contributed by atoms with Crippen LogP contribution >= 0.6 is 0 Å². The zero-order chi connectivity index (χ0) is 38.7. The third kappa shape index (κ3) is 5.18. The first-order chi connectivity index (χ1) is 25.3. The first-order valence-corrected chi connectivity index (χ1v) is 19.7. The van der Waals surface area contributed by atoms with E-state index in [4.69, 9.17) is 9.47 Å². The lowest BCUT2D eigenvalue weighted by molar-refractivity contribution is 0.0224. The molecule has 2 aliphatic heterocycles. The van der Waals surface area contributed by atoms with E-state index in [1.807, 2.05) is 12.1 Å². The quantitative estimate of drug-likeness (QED) is 0.0713. The molecule has 6 N–H and O–H groups in total. The number of hydrogen-bond donors (Lipinski definition) is 6. The van der Waals surface area contributed by atoms with Crippen molar-refractivity contribution in [2.24, 2.45) is 0 Å². The molecule has 0 aromatic heterocycles. The highest BCUT2D eigenvalue weighted by molar-refractivity contribution is 7.87. The highest BCUT2D eigenvalue weighted by atomic mass is 32.2. The van der Waals surface area contributed by atoms with E-state index in [9.17, 15) is 59.0 Å². The van der Waals surface area contributed by atoms with E-state index in [1.165, 1.54) is 36.4 Å². The van der Waals surface area contributed by atoms with Gasteiger partial charge in [0.05, 0.1) is 5.56 Å². The molecule has 0 bridgehead atoms. The zero-order valence-electron chi connectivity index (χ0n) is 26.8. The number of benzene rings is 7. The van der Waals surface area contributed by atoms with Gasteiger partial charge in [0, 0.05) is 67.2 Å². The Balaban J connectivity index is 0.000000155. The number of aromatic hydroxyl groups is 3. The van der Waals surface area contributed by atoms with Crippen LogP contribution in [0.3, 0.4) is 0 Å². The molecule has 0 fully saturated rings. The van der Waals surface area contributed by atoms with Crippen LogP contribution in [-0.2, 0) is 40.7 Å². The molecule has 0 saturated heterocycles. The second kappa shape index (κ2) is 11.5. The number of rotatable bonds is 3. The maximum absolute atomic E-state index is 12.5. The van der Waals surface area contributed by atoms with Gasteiger partial charge in [-0.25, -0.2) is 4.79 Å². The van der Waals surface area contributed by atoms with Crippen molar-refractivity contribution in [1.82, 2.24) is 0 Å². The van der Waals surface area contributed by atoms with Crippen molar-refractivity contribution in [3.8, 4) is 28.7 Å². The monoisotopic (exact) mass is 790 g/mol. The van der Waals surface area contributed by atoms with Gasteiger partial charge in [0.25, 0.3) is 30.4 Å². The summed E-state index contributed by atoms with van der Waals surface area (Å²) < 4.78 is 111. The summed E-state index contributed by atoms with van der Waals surface area (Å²) in [5, 5.41) is 29.2. The van der Waals surface area contributed by atoms with Crippen molar-refractivity contribution in [1.29, 1.82) is 0 Å². The minimum Gasteiger partial charge on any atom is -0.508 e. The molecule has 0 unspecified atom stereocenters. The first kappa shape index (κ1) is 35.0. The van der Waals surface area contributed by atoms with Gasteiger partial charge in [0.2, 0.25) is 0 Å². The van der Waals surface area contributed by atoms with Crippen LogP contribution in [-0.4, -0.2) is 60.2 Å². The molecule has 9 rings (SSSR count). The number of carbonyl (C=O) groups is 1. The molecule has 0 atom stereocenters. The Morgan fingerprint density at radius 1 is 0.500 bits per heavy atom. The largest absolute Gasteiger partial charge is 0.508 e. The van der Waals surface area contributed by atoms with Crippen LogP contribution < -0.4 is 4.74 Å². The Morgan fingerprint density at radius 3 is 1.44 bits per heavy atom. The molecule has 0 aliphatic carbocycles. The molecule has 1 spiro atoms. The molecular formula is C36H22O15S3. The van der Waals surface area contributed by atoms with E-state index in [2.05, 4.69) is 0 Å². The van der Waals surface area contributed by atoms with E-state index in [1.54, 1.807) is 24.3 Å². The summed E-state index contributed by atoms with van der Waals surface area (Å²) in [4.78, 5) is 10.2. The summed E-state index contributed by atoms with van der Waals surface area (Å²) in [6.07, 6.45) is 0. The van der Waals surface area contributed by atoms with Gasteiger partial charge in [0.1, 0.15) is 43.4 Å². The smallest absolute Gasteiger partial charge is 0.340 e. The van der Waals surface area contributed by atoms with E-state index in [0.29, 0.717) is 39.8 Å². The molecule has 0 amide bonds. The van der Waals surface area contributed by atoms with Crippen LogP contribution in [0.4, 0.5) is 0 Å². The Bertz CT molecular complexity index is 3040. The van der Waals surface area contributed by atoms with Gasteiger partial charge in [-0.3, -0.25) is 13.7 Å². The van der Waals surface area contributed by atoms with E-state index >= 15 is 0 Å². The summed E-state index contributed by atoms with van der Waals surface area (Å²) in [6.45, 7) is 0. The predicted octanol–water partition coefficient (Wildman–Crippen LogP) is 5.70. The van der Waals surface area contributed by atoms with Gasteiger partial charge in [-0.1, -0.05) is 36.4 Å². The highest BCUT2D eigenvalue weighted by Gasteiger charge is 2.53. The molecule has 274 valence electrons. The average Bonchev–Trinajstić information content (AvgIpc) is 3.38. The molecule has 18 heteroatoms. The van der Waals surface area contributed by atoms with Crippen molar-refractivity contribution in [2.45, 2.75) is 20.3 Å². The molecule has 0 saturated carbocycles. The van der Waals surface area contributed by atoms with Crippen LogP contribution in [0.2, 0.25) is 0 Å². The minimum absolute atomic E-state index is 0.0271. The Hall–Kier alpha value is -6.02. The second-order valence-electron chi connectivity index (χ2n) is 12.3. The molecule has 2 aliphatic rings. The van der Waals surface area contributed by atoms with Gasteiger partial charge in [-0.2, -0.15) is 25.3 Å². The fourth-order valence-corrected chi connectivity index (χ4v) is 9.39. The Labute approximate surface area is 304 Å². The SMILES string of the molecule is O=C1OC2(c3ccc(O)cc3Oc3cc(O)ccc32)c2ccccc21.O=S(=O)(O)c1cc(O)c2ccc3c(S(=O)(=O)O)cc(S(=O)(=O)O)c4ccc1c2c34. The zero-order valence-corrected chi connectivity index (χ0v) is 29.3. The summed E-state index contributed by atoms with van der Waals surface area (Å²) in [7, 11) is -14.8. The number of esters is 1. The van der Waals surface area contributed by atoms with Gasteiger partial charge < -0.3 is 24.8 Å². The van der Waals surface area contributed by atoms with Gasteiger partial charge in [-0.05, 0) is 42.5 Å². The molecular weight excluding hydrogens is 769 g/mol. The van der Waals surface area contributed by atoms with Gasteiger partial charge in [0.15, 0.2) is 5.60 Å². The molecule has 54 heavy (non-hydrogen) atoms. The van der Waals surface area contributed by atoms with Crippen molar-refractivity contribution in [3.05, 3.63) is 119 Å². The third-order valence-corrected chi connectivity index (χ3v) is 12.0. The van der Waals surface area contributed by atoms with Crippen LogP contribution in [0.15, 0.2) is 112 Å². The van der Waals surface area contributed by atoms with E-state index in [-0.39, 0.29) is 43.8 Å². The lowest BCUT2D eigenvalue weighted by Gasteiger charge is -2.36. The molecule has 7 aromatic carbocycles. The van der Waals surface area contributed by atoms with E-state index < -0.39 is 62.4 Å². The maximum Gasteiger partial charge on any atom is 0.340 e. The van der Waals surface area contributed by atoms with Crippen molar-refractivity contribution >= 4 is 68.6 Å². The maximum atomic E-state index is 12.5. The number of ether oxygens (including phenoxy) is 2. The van der Waals surface area contributed by atoms with Crippen LogP contribution in [0.1, 0.15) is 27.0 Å². The number of phenolic OH excluding ortho intramolecular Hbond substituents is 3. The van der Waals surface area contributed by atoms with Crippen molar-refractivity contribution < 1.29 is 68.5 Å². The second-order valence-corrected chi connectivity index (χ2v) is 16.5. The van der Waals surface area contributed by atoms with E-state index in [0.717, 1.165) is 18.2 Å². The number of hydrogen-bond acceptors (Lipinski definition) is 12. The van der Waals surface area contributed by atoms with Crippen LogP contribution in [0, 0.1) is 0 Å². The normalized spacial score (nSPS) is 14.6. The Morgan fingerprint density at radius 2 is 0.944 bits per heavy atom. The lowest BCUT2D eigenvalue weighted by Crippen LogP contribution is -2.32. The standard InChI is InChI=1S/C20H12O5.C16H10O10S3/c21-11-5-7-15-17(9-11)24-18-10-12(22)6-8-16(18)20(15)14-4-2-1-3-13(14)19(23)25-20;17-11-5-12(27(18,19)20)8-3-4-10-14(29(24,25)26)6-13(28(21,22)23)9-2-1-7(11)15(8)16(9)10/h1-10,21-22H;1-6,17H,(H,18,19,20)(H,21,22,23)(H,24,25,26). The van der Waals surface area contributed by atoms with Crippen molar-refractivity contribution in [3.63, 3.8) is 0 Å². The fraction of sp³-hybridized carbons (Fsp3) is 0.0278. The minimum atomic E-state index is -4.96. The molecule has 2 heterocycles.